The summed E-state index contributed by atoms with van der Waals surface area (Å²) in [6.07, 6.45) is 12.3. The molecule has 0 bridgehead atoms. The lowest BCUT2D eigenvalue weighted by Gasteiger charge is -2.40. The highest BCUT2D eigenvalue weighted by atomic mass is 32.3. The van der Waals surface area contributed by atoms with E-state index in [4.69, 9.17) is 10.2 Å². The van der Waals surface area contributed by atoms with Crippen LogP contribution in [0.15, 0.2) is 0 Å². The summed E-state index contributed by atoms with van der Waals surface area (Å²) in [6.45, 7) is 0. The molecule has 0 heterocycles. The summed E-state index contributed by atoms with van der Waals surface area (Å²) in [5.41, 5.74) is 0. The lowest BCUT2D eigenvalue weighted by molar-refractivity contribution is -0.154. The largest absolute Gasteiger partial charge is 0.481 e. The van der Waals surface area contributed by atoms with Crippen molar-refractivity contribution in [3.8, 4) is 0 Å². The minimum atomic E-state index is -1.25. The van der Waals surface area contributed by atoms with Crippen LogP contribution in [0.1, 0.15) is 12.8 Å². The summed E-state index contributed by atoms with van der Waals surface area (Å²) in [6, 6.07) is 0. The van der Waals surface area contributed by atoms with Gasteiger partial charge in [-0.1, -0.05) is 0 Å². The second kappa shape index (κ2) is 6.70. The Bertz CT molecular complexity index is 294. The number of hydrogen-bond donors (Lipinski definition) is 2. The van der Waals surface area contributed by atoms with Gasteiger partial charge in [-0.2, -0.15) is 0 Å². The third-order valence-corrected chi connectivity index (χ3v) is 9.23. The van der Waals surface area contributed by atoms with E-state index >= 15 is 0 Å². The third-order valence-electron chi connectivity index (χ3n) is 2.46. The molecule has 110 valence electrons. The first-order chi connectivity index (χ1) is 7.94. The molecule has 0 aromatic heterocycles. The highest BCUT2D eigenvalue weighted by Crippen LogP contribution is 2.53. The fourth-order valence-corrected chi connectivity index (χ4v) is 11.1. The van der Waals surface area contributed by atoms with Crippen molar-refractivity contribution >= 4 is 32.0 Å². The second-order valence-electron chi connectivity index (χ2n) is 6.05. The van der Waals surface area contributed by atoms with Crippen molar-refractivity contribution in [2.45, 2.75) is 12.8 Å². The summed E-state index contributed by atoms with van der Waals surface area (Å²) in [7, 11) is -1.30. The molecule has 0 aliphatic heterocycles. The Hall–Kier alpha value is -0.360. The molecule has 0 fully saturated rings. The van der Waals surface area contributed by atoms with Crippen molar-refractivity contribution in [3.05, 3.63) is 0 Å². The predicted octanol–water partition coefficient (Wildman–Crippen LogP) is 2.27. The van der Waals surface area contributed by atoms with Gasteiger partial charge in [0, 0.05) is 5.08 Å². The van der Waals surface area contributed by atoms with Crippen LogP contribution in [-0.4, -0.2) is 64.3 Å². The predicted molar refractivity (Wildman–Crippen MR) is 82.5 cm³/mol. The topological polar surface area (TPSA) is 74.6 Å². The molecule has 0 saturated heterocycles. The number of rotatable bonds is 8. The fourth-order valence-electron chi connectivity index (χ4n) is 2.05. The Balaban J connectivity index is 4.25. The van der Waals surface area contributed by atoms with Crippen LogP contribution in [0.25, 0.3) is 0 Å². The summed E-state index contributed by atoms with van der Waals surface area (Å²) in [5.74, 6) is -2.75. The Morgan fingerprint density at radius 2 is 1.44 bits per heavy atom. The van der Waals surface area contributed by atoms with Crippen LogP contribution < -0.4 is 0 Å². The van der Waals surface area contributed by atoms with E-state index < -0.39 is 37.9 Å². The summed E-state index contributed by atoms with van der Waals surface area (Å²) in [5, 5.41) is 18.8. The lowest BCUT2D eigenvalue weighted by Crippen LogP contribution is -2.24. The third kappa shape index (κ3) is 7.87. The minimum absolute atomic E-state index is 0.237. The number of carbonyl (C=O) groups is 2. The Kier molecular flexibility index (Phi) is 6.57. The van der Waals surface area contributed by atoms with Gasteiger partial charge in [-0.25, -0.2) is 20.1 Å². The molecule has 0 aliphatic rings. The van der Waals surface area contributed by atoms with Crippen LogP contribution >= 0.6 is 20.1 Å². The zero-order chi connectivity index (χ0) is 14.6. The molecule has 0 amide bonds. The smallest absolute Gasteiger partial charge is 0.317 e. The van der Waals surface area contributed by atoms with Gasteiger partial charge >= 0.3 is 11.9 Å². The fraction of sp³-hybridized carbons (Fsp3) is 0.833. The van der Waals surface area contributed by atoms with E-state index in [1.165, 1.54) is 5.08 Å². The van der Waals surface area contributed by atoms with E-state index in [1.54, 1.807) is 0 Å². The second-order valence-corrected chi connectivity index (χ2v) is 15.1. The Morgan fingerprint density at radius 1 is 1.00 bits per heavy atom. The van der Waals surface area contributed by atoms with E-state index in [1.807, 2.05) is 0 Å². The average Bonchev–Trinajstić information content (AvgIpc) is 2.06. The number of aliphatic carboxylic acids is 2. The zero-order valence-corrected chi connectivity index (χ0v) is 13.6. The monoisotopic (exact) mass is 298 g/mol. The first-order valence-electron chi connectivity index (χ1n) is 5.75. The average molecular weight is 298 g/mol. The molecule has 4 nitrogen and oxygen atoms in total. The van der Waals surface area contributed by atoms with Gasteiger partial charge in [-0.3, -0.25) is 9.59 Å². The van der Waals surface area contributed by atoms with Crippen molar-refractivity contribution in [1.82, 2.24) is 0 Å². The Morgan fingerprint density at radius 3 is 1.78 bits per heavy atom. The van der Waals surface area contributed by atoms with Crippen molar-refractivity contribution in [1.29, 1.82) is 0 Å². The molecule has 0 aromatic carbocycles. The molecule has 0 rings (SSSR count). The molecule has 0 aliphatic carbocycles. The van der Waals surface area contributed by atoms with Crippen molar-refractivity contribution in [2.24, 2.45) is 5.92 Å². The summed E-state index contributed by atoms with van der Waals surface area (Å²) in [4.78, 5) is 21.5. The molecule has 0 unspecified atom stereocenters. The molecule has 0 saturated carbocycles. The van der Waals surface area contributed by atoms with Gasteiger partial charge in [0.15, 0.2) is 5.92 Å². The van der Waals surface area contributed by atoms with Crippen LogP contribution in [0.2, 0.25) is 0 Å². The van der Waals surface area contributed by atoms with E-state index in [9.17, 15) is 9.59 Å². The molecular weight excluding hydrogens is 272 g/mol. The van der Waals surface area contributed by atoms with Gasteiger partial charge < -0.3 is 10.2 Å². The van der Waals surface area contributed by atoms with Crippen LogP contribution in [0.4, 0.5) is 0 Å². The normalized spacial score (nSPS) is 14.6. The van der Waals surface area contributed by atoms with Crippen LogP contribution in [0, 0.1) is 5.92 Å². The molecule has 0 aromatic rings. The number of carboxylic acids is 2. The van der Waals surface area contributed by atoms with Crippen molar-refractivity contribution in [3.63, 3.8) is 0 Å². The van der Waals surface area contributed by atoms with Crippen LogP contribution in [-0.2, 0) is 9.59 Å². The van der Waals surface area contributed by atoms with Gasteiger partial charge in [0.05, 0.1) is 0 Å². The first kappa shape index (κ1) is 17.6. The SMILES string of the molecule is CS(C)(C)CS(C)(C)CCCC(C(=O)O)C(=O)O. The van der Waals surface area contributed by atoms with Gasteiger partial charge in [0.2, 0.25) is 0 Å². The standard InChI is InChI=1S/C12H26O4S2/c1-17(2,3)9-18(4,5)8-6-7-10(11(13)14)12(15)16/h10H,6-9H2,1-5H3,(H,13,14)(H,15,16). The quantitative estimate of drug-likeness (QED) is 0.674. The maximum Gasteiger partial charge on any atom is 0.317 e. The van der Waals surface area contributed by atoms with Crippen LogP contribution in [0.3, 0.4) is 0 Å². The minimum Gasteiger partial charge on any atom is -0.481 e. The molecule has 6 heteroatoms. The van der Waals surface area contributed by atoms with E-state index in [-0.39, 0.29) is 6.42 Å². The lowest BCUT2D eigenvalue weighted by atomic mass is 10.1. The molecule has 0 atom stereocenters. The van der Waals surface area contributed by atoms with E-state index in [2.05, 4.69) is 31.3 Å². The summed E-state index contributed by atoms with van der Waals surface area (Å²) < 4.78 is 0. The van der Waals surface area contributed by atoms with Gasteiger partial charge in [-0.05, 0) is 49.9 Å². The van der Waals surface area contributed by atoms with Gasteiger partial charge in [0.1, 0.15) is 0 Å². The van der Waals surface area contributed by atoms with Gasteiger partial charge in [0.25, 0.3) is 0 Å². The molecular formula is C12H26O4S2. The highest BCUT2D eigenvalue weighted by Gasteiger charge is 2.26. The maximum absolute atomic E-state index is 10.8. The van der Waals surface area contributed by atoms with Crippen LogP contribution in [0.5, 0.6) is 0 Å². The Labute approximate surface area is 113 Å². The van der Waals surface area contributed by atoms with E-state index in [0.717, 1.165) is 5.75 Å². The molecule has 18 heavy (non-hydrogen) atoms. The van der Waals surface area contributed by atoms with E-state index in [0.29, 0.717) is 6.42 Å². The zero-order valence-electron chi connectivity index (χ0n) is 11.9. The first-order valence-corrected chi connectivity index (χ1v) is 11.6. The highest BCUT2D eigenvalue weighted by molar-refractivity contribution is 8.47. The van der Waals surface area contributed by atoms with Crippen molar-refractivity contribution in [2.75, 3.05) is 42.1 Å². The molecule has 0 spiro atoms. The summed E-state index contributed by atoms with van der Waals surface area (Å²) >= 11 is 0. The number of carboxylic acid groups (broad SMARTS) is 2. The van der Waals surface area contributed by atoms with Crippen molar-refractivity contribution < 1.29 is 19.8 Å². The van der Waals surface area contributed by atoms with Gasteiger partial charge in [-0.15, -0.1) is 0 Å². The molecule has 2 N–H and O–H groups in total. The maximum atomic E-state index is 10.8. The molecule has 0 radical (unpaired) electrons. The number of hydrogen-bond acceptors (Lipinski definition) is 2.